The Morgan fingerprint density at radius 1 is 0.941 bits per heavy atom. The van der Waals surface area contributed by atoms with Gasteiger partial charge in [0.25, 0.3) is 5.91 Å². The lowest BCUT2D eigenvalue weighted by Crippen LogP contribution is -2.37. The number of aromatic nitrogens is 2. The zero-order chi connectivity index (χ0) is 23.5. The first-order valence-electron chi connectivity index (χ1n) is 11.9. The van der Waals surface area contributed by atoms with E-state index in [4.69, 9.17) is 19.4 Å². The number of nitrogens with zero attached hydrogens (tertiary/aromatic N) is 4. The monoisotopic (exact) mass is 458 g/mol. The Kier molecular flexibility index (Phi) is 6.34. The van der Waals surface area contributed by atoms with Crippen molar-refractivity contribution in [2.45, 2.75) is 39.2 Å². The van der Waals surface area contributed by atoms with Gasteiger partial charge in [0.1, 0.15) is 11.5 Å². The summed E-state index contributed by atoms with van der Waals surface area (Å²) < 4.78 is 11.7. The second-order valence-electron chi connectivity index (χ2n) is 8.93. The third-order valence-electron chi connectivity index (χ3n) is 6.46. The Balaban J connectivity index is 1.49. The Bertz CT molecular complexity index is 1190. The minimum Gasteiger partial charge on any atom is -0.497 e. The predicted molar refractivity (Wildman–Crippen MR) is 131 cm³/mol. The van der Waals surface area contributed by atoms with E-state index in [-0.39, 0.29) is 5.91 Å². The highest BCUT2D eigenvalue weighted by Gasteiger charge is 2.28. The van der Waals surface area contributed by atoms with Crippen LogP contribution in [-0.2, 0) is 13.0 Å². The molecule has 1 saturated heterocycles. The van der Waals surface area contributed by atoms with Gasteiger partial charge in [0.15, 0.2) is 0 Å². The van der Waals surface area contributed by atoms with Gasteiger partial charge in [-0.2, -0.15) is 4.98 Å². The van der Waals surface area contributed by atoms with E-state index in [9.17, 15) is 4.79 Å². The highest BCUT2D eigenvalue weighted by atomic mass is 16.5. The fraction of sp³-hybridized carbons (Fsp3) is 0.370. The Morgan fingerprint density at radius 3 is 2.53 bits per heavy atom. The second-order valence-corrected chi connectivity index (χ2v) is 8.93. The van der Waals surface area contributed by atoms with Crippen molar-refractivity contribution >= 4 is 11.9 Å². The summed E-state index contributed by atoms with van der Waals surface area (Å²) in [5, 5.41) is 0. The minimum absolute atomic E-state index is 0.0155. The number of ether oxygens (including phenoxy) is 2. The number of carbonyl (C=O) groups excluding carboxylic acids is 1. The second kappa shape index (κ2) is 9.71. The molecule has 0 atom stereocenters. The average Bonchev–Trinajstić information content (AvgIpc) is 2.88. The van der Waals surface area contributed by atoms with E-state index in [1.165, 1.54) is 6.42 Å². The standard InChI is InChI=1S/C27H30N4O3/c1-19-8-6-9-20(16-19)26(32)31-15-12-24-23(18-31)25(34-22-11-7-10-21(17-22)33-2)29-27(28-24)30-13-4-3-5-14-30/h6-11,16-17H,3-5,12-15,18H2,1-2H3. The van der Waals surface area contributed by atoms with E-state index in [1.54, 1.807) is 7.11 Å². The van der Waals surface area contributed by atoms with Gasteiger partial charge in [0.2, 0.25) is 11.8 Å². The van der Waals surface area contributed by atoms with Crippen LogP contribution in [0.15, 0.2) is 48.5 Å². The van der Waals surface area contributed by atoms with Crippen LogP contribution in [0.2, 0.25) is 0 Å². The molecule has 5 rings (SSSR count). The number of aryl methyl sites for hydroxylation is 1. The van der Waals surface area contributed by atoms with Gasteiger partial charge >= 0.3 is 0 Å². The summed E-state index contributed by atoms with van der Waals surface area (Å²) >= 11 is 0. The molecule has 7 nitrogen and oxygen atoms in total. The first kappa shape index (κ1) is 22.2. The Hall–Kier alpha value is -3.61. The molecule has 0 aliphatic carbocycles. The SMILES string of the molecule is COc1cccc(Oc2nc(N3CCCCC3)nc3c2CN(C(=O)c2cccc(C)c2)CC3)c1. The van der Waals surface area contributed by atoms with Gasteiger partial charge < -0.3 is 19.3 Å². The third-order valence-corrected chi connectivity index (χ3v) is 6.46. The normalized spacial score (nSPS) is 15.6. The molecule has 34 heavy (non-hydrogen) atoms. The van der Waals surface area contributed by atoms with Gasteiger partial charge in [-0.25, -0.2) is 4.98 Å². The molecular formula is C27H30N4O3. The summed E-state index contributed by atoms with van der Waals surface area (Å²) in [6, 6.07) is 15.2. The number of anilines is 1. The highest BCUT2D eigenvalue weighted by Crippen LogP contribution is 2.33. The summed E-state index contributed by atoms with van der Waals surface area (Å²) in [5.41, 5.74) is 3.60. The van der Waals surface area contributed by atoms with Crippen LogP contribution in [0, 0.1) is 6.92 Å². The van der Waals surface area contributed by atoms with E-state index >= 15 is 0 Å². The van der Waals surface area contributed by atoms with Gasteiger partial charge in [0, 0.05) is 37.7 Å². The summed E-state index contributed by atoms with van der Waals surface area (Å²) in [4.78, 5) is 27.1. The predicted octanol–water partition coefficient (Wildman–Crippen LogP) is 4.77. The number of carbonyl (C=O) groups is 1. The first-order valence-corrected chi connectivity index (χ1v) is 11.9. The number of hydrogen-bond donors (Lipinski definition) is 0. The fourth-order valence-corrected chi connectivity index (χ4v) is 4.60. The van der Waals surface area contributed by atoms with Crippen molar-refractivity contribution in [3.8, 4) is 17.4 Å². The highest BCUT2D eigenvalue weighted by molar-refractivity contribution is 5.94. The van der Waals surface area contributed by atoms with E-state index in [0.717, 1.165) is 48.7 Å². The number of fused-ring (bicyclic) bond motifs is 1. The molecule has 2 aliphatic heterocycles. The molecule has 7 heteroatoms. The van der Waals surface area contributed by atoms with E-state index in [2.05, 4.69) is 4.90 Å². The molecule has 0 spiro atoms. The maximum absolute atomic E-state index is 13.2. The number of hydrogen-bond acceptors (Lipinski definition) is 6. The van der Waals surface area contributed by atoms with Crippen molar-refractivity contribution < 1.29 is 14.3 Å². The lowest BCUT2D eigenvalue weighted by Gasteiger charge is -2.32. The molecule has 1 amide bonds. The van der Waals surface area contributed by atoms with Crippen LogP contribution in [0.4, 0.5) is 5.95 Å². The molecule has 1 aromatic heterocycles. The van der Waals surface area contributed by atoms with Gasteiger partial charge in [-0.1, -0.05) is 23.8 Å². The van der Waals surface area contributed by atoms with E-state index in [1.807, 2.05) is 60.4 Å². The fourth-order valence-electron chi connectivity index (χ4n) is 4.60. The largest absolute Gasteiger partial charge is 0.497 e. The molecule has 0 N–H and O–H groups in total. The minimum atomic E-state index is 0.0155. The Morgan fingerprint density at radius 2 is 1.74 bits per heavy atom. The topological polar surface area (TPSA) is 67.8 Å². The Labute approximate surface area is 200 Å². The van der Waals surface area contributed by atoms with Crippen molar-refractivity contribution in [2.24, 2.45) is 0 Å². The number of piperidine rings is 1. The summed E-state index contributed by atoms with van der Waals surface area (Å²) in [7, 11) is 1.63. The third kappa shape index (κ3) is 4.69. The lowest BCUT2D eigenvalue weighted by atomic mass is 10.0. The smallest absolute Gasteiger partial charge is 0.254 e. The first-order chi connectivity index (χ1) is 16.6. The molecular weight excluding hydrogens is 428 g/mol. The van der Waals surface area contributed by atoms with Crippen LogP contribution in [-0.4, -0.2) is 47.5 Å². The van der Waals surface area contributed by atoms with Crippen LogP contribution in [0.5, 0.6) is 17.4 Å². The molecule has 3 aromatic rings. The molecule has 0 bridgehead atoms. The van der Waals surface area contributed by atoms with E-state index < -0.39 is 0 Å². The van der Waals surface area contributed by atoms with Gasteiger partial charge in [0.05, 0.1) is 24.9 Å². The summed E-state index contributed by atoms with van der Waals surface area (Å²) in [5.74, 6) is 2.61. The average molecular weight is 459 g/mol. The summed E-state index contributed by atoms with van der Waals surface area (Å²) in [6.45, 7) is 4.94. The van der Waals surface area contributed by atoms with Crippen LogP contribution in [0.3, 0.4) is 0 Å². The molecule has 176 valence electrons. The maximum Gasteiger partial charge on any atom is 0.254 e. The van der Waals surface area contributed by atoms with Crippen LogP contribution < -0.4 is 14.4 Å². The van der Waals surface area contributed by atoms with Crippen LogP contribution in [0.25, 0.3) is 0 Å². The lowest BCUT2D eigenvalue weighted by molar-refractivity contribution is 0.0732. The molecule has 0 radical (unpaired) electrons. The van der Waals surface area contributed by atoms with Gasteiger partial charge in [-0.3, -0.25) is 4.79 Å². The molecule has 0 saturated carbocycles. The number of benzene rings is 2. The molecule has 3 heterocycles. The molecule has 2 aromatic carbocycles. The van der Waals surface area contributed by atoms with Crippen molar-refractivity contribution in [3.05, 3.63) is 70.9 Å². The number of rotatable bonds is 5. The van der Waals surface area contributed by atoms with Crippen LogP contribution in [0.1, 0.15) is 46.4 Å². The van der Waals surface area contributed by atoms with Gasteiger partial charge in [-0.05, 0) is 50.5 Å². The number of amides is 1. The van der Waals surface area contributed by atoms with Crippen molar-refractivity contribution in [3.63, 3.8) is 0 Å². The van der Waals surface area contributed by atoms with Crippen molar-refractivity contribution in [1.82, 2.24) is 14.9 Å². The summed E-state index contributed by atoms with van der Waals surface area (Å²) in [6.07, 6.45) is 4.20. The van der Waals surface area contributed by atoms with E-state index in [0.29, 0.717) is 42.5 Å². The molecule has 0 unspecified atom stereocenters. The van der Waals surface area contributed by atoms with Crippen LogP contribution >= 0.6 is 0 Å². The van der Waals surface area contributed by atoms with Crippen molar-refractivity contribution in [1.29, 1.82) is 0 Å². The zero-order valence-electron chi connectivity index (χ0n) is 19.8. The number of methoxy groups -OCH3 is 1. The zero-order valence-corrected chi connectivity index (χ0v) is 19.8. The van der Waals surface area contributed by atoms with Crippen molar-refractivity contribution in [2.75, 3.05) is 31.6 Å². The molecule has 2 aliphatic rings. The maximum atomic E-state index is 13.2. The molecule has 1 fully saturated rings. The quantitative estimate of drug-likeness (QED) is 0.548. The van der Waals surface area contributed by atoms with Gasteiger partial charge in [-0.15, -0.1) is 0 Å².